The van der Waals surface area contributed by atoms with Gasteiger partial charge < -0.3 is 4.74 Å². The third kappa shape index (κ3) is 0.452. The summed E-state index contributed by atoms with van der Waals surface area (Å²) in [5.74, 6) is 0.304. The zero-order valence-corrected chi connectivity index (χ0v) is 4.50. The lowest BCUT2D eigenvalue weighted by Gasteiger charge is -1.95. The van der Waals surface area contributed by atoms with Crippen LogP contribution in [0.15, 0.2) is 0 Å². The summed E-state index contributed by atoms with van der Waals surface area (Å²) >= 11 is 0. The van der Waals surface area contributed by atoms with E-state index in [0.29, 0.717) is 18.1 Å². The van der Waals surface area contributed by atoms with Gasteiger partial charge in [-0.15, -0.1) is 0 Å². The first-order valence-corrected chi connectivity index (χ1v) is 2.95. The van der Waals surface area contributed by atoms with E-state index in [2.05, 4.69) is 6.07 Å². The summed E-state index contributed by atoms with van der Waals surface area (Å²) in [5.41, 5.74) is 0. The van der Waals surface area contributed by atoms with E-state index in [1.54, 1.807) is 0 Å². The summed E-state index contributed by atoms with van der Waals surface area (Å²) in [6.45, 7) is 0. The highest BCUT2D eigenvalue weighted by Gasteiger charge is 2.47. The summed E-state index contributed by atoms with van der Waals surface area (Å²) in [6.07, 6.45) is 2.92. The molecule has 2 rings (SSSR count). The fourth-order valence-corrected chi connectivity index (χ4v) is 1.36. The Hall–Kier alpha value is -0.550. The Labute approximate surface area is 48.1 Å². The molecule has 0 aromatic carbocycles. The van der Waals surface area contributed by atoms with Gasteiger partial charge in [0.15, 0.2) is 0 Å². The summed E-state index contributed by atoms with van der Waals surface area (Å²) < 4.78 is 5.13. The Balaban J connectivity index is 2.01. The minimum Gasteiger partial charge on any atom is -0.369 e. The van der Waals surface area contributed by atoms with Crippen molar-refractivity contribution < 1.29 is 4.74 Å². The minimum absolute atomic E-state index is 0.304. The first kappa shape index (κ1) is 4.34. The summed E-state index contributed by atoms with van der Waals surface area (Å²) in [4.78, 5) is 0. The summed E-state index contributed by atoms with van der Waals surface area (Å²) in [7, 11) is 0. The molecule has 2 atom stereocenters. The second-order valence-electron chi connectivity index (χ2n) is 2.51. The Morgan fingerprint density at radius 1 is 1.38 bits per heavy atom. The number of epoxide rings is 1. The second kappa shape index (κ2) is 1.24. The van der Waals surface area contributed by atoms with Crippen molar-refractivity contribution >= 4 is 0 Å². The van der Waals surface area contributed by atoms with Crippen LogP contribution in [0.3, 0.4) is 0 Å². The van der Waals surface area contributed by atoms with Crippen LogP contribution in [-0.2, 0) is 4.74 Å². The monoisotopic (exact) mass is 109 g/mol. The second-order valence-corrected chi connectivity index (χ2v) is 2.51. The fourth-order valence-electron chi connectivity index (χ4n) is 1.36. The van der Waals surface area contributed by atoms with E-state index < -0.39 is 0 Å². The van der Waals surface area contributed by atoms with Gasteiger partial charge >= 0.3 is 0 Å². The summed E-state index contributed by atoms with van der Waals surface area (Å²) in [6, 6.07) is 2.24. The number of fused-ring (bicyclic) bond motifs is 1. The Morgan fingerprint density at radius 3 is 2.38 bits per heavy atom. The molecule has 0 spiro atoms. The van der Waals surface area contributed by atoms with Crippen LogP contribution >= 0.6 is 0 Å². The maximum atomic E-state index is 8.40. The van der Waals surface area contributed by atoms with Crippen molar-refractivity contribution in [3.8, 4) is 6.07 Å². The van der Waals surface area contributed by atoms with Gasteiger partial charge in [0, 0.05) is 0 Å². The highest BCUT2D eigenvalue weighted by atomic mass is 16.6. The number of hydrogen-bond donors (Lipinski definition) is 0. The van der Waals surface area contributed by atoms with Gasteiger partial charge in [0.1, 0.15) is 0 Å². The van der Waals surface area contributed by atoms with E-state index >= 15 is 0 Å². The van der Waals surface area contributed by atoms with Crippen LogP contribution in [0.25, 0.3) is 0 Å². The van der Waals surface area contributed by atoms with E-state index in [1.165, 1.54) is 0 Å². The number of rotatable bonds is 0. The van der Waals surface area contributed by atoms with Crippen LogP contribution in [0.1, 0.15) is 12.8 Å². The number of ether oxygens (including phenoxy) is 1. The minimum atomic E-state index is 0.304. The van der Waals surface area contributed by atoms with E-state index in [1.807, 2.05) is 0 Å². The lowest BCUT2D eigenvalue weighted by Crippen LogP contribution is -1.93. The normalized spacial score (nSPS) is 50.1. The first-order valence-electron chi connectivity index (χ1n) is 2.95. The fraction of sp³-hybridized carbons (Fsp3) is 0.833. The lowest BCUT2D eigenvalue weighted by molar-refractivity contribution is 0.298. The molecule has 1 heterocycles. The zero-order chi connectivity index (χ0) is 5.56. The highest BCUT2D eigenvalue weighted by molar-refractivity contribution is 5.02. The molecular weight excluding hydrogens is 102 g/mol. The quantitative estimate of drug-likeness (QED) is 0.429. The zero-order valence-electron chi connectivity index (χ0n) is 4.50. The molecule has 8 heavy (non-hydrogen) atoms. The maximum Gasteiger partial charge on any atom is 0.0854 e. The maximum absolute atomic E-state index is 8.40. The summed E-state index contributed by atoms with van der Waals surface area (Å²) in [5, 5.41) is 8.40. The van der Waals surface area contributed by atoms with Crippen LogP contribution in [0, 0.1) is 17.2 Å². The van der Waals surface area contributed by atoms with E-state index in [0.717, 1.165) is 12.8 Å². The highest BCUT2D eigenvalue weighted by Crippen LogP contribution is 2.41. The van der Waals surface area contributed by atoms with Crippen LogP contribution in [0.5, 0.6) is 0 Å². The molecule has 1 aliphatic carbocycles. The number of nitrogens with zero attached hydrogens (tertiary/aromatic N) is 1. The Morgan fingerprint density at radius 2 is 2.00 bits per heavy atom. The van der Waals surface area contributed by atoms with Crippen molar-refractivity contribution in [2.75, 3.05) is 0 Å². The van der Waals surface area contributed by atoms with E-state index in [9.17, 15) is 0 Å². The molecule has 2 fully saturated rings. The van der Waals surface area contributed by atoms with Gasteiger partial charge in [-0.1, -0.05) is 0 Å². The predicted octanol–water partition coefficient (Wildman–Crippen LogP) is 0.687. The van der Waals surface area contributed by atoms with Gasteiger partial charge in [-0.2, -0.15) is 5.26 Å². The van der Waals surface area contributed by atoms with Crippen LogP contribution in [0.2, 0.25) is 0 Å². The van der Waals surface area contributed by atoms with Gasteiger partial charge in [-0.3, -0.25) is 0 Å². The number of hydrogen-bond acceptors (Lipinski definition) is 2. The van der Waals surface area contributed by atoms with Gasteiger partial charge in [-0.05, 0) is 12.8 Å². The SMILES string of the molecule is N#CC1CC2OC2C1. The molecule has 0 aromatic heterocycles. The van der Waals surface area contributed by atoms with Gasteiger partial charge in [0.25, 0.3) is 0 Å². The number of nitriles is 1. The molecule has 1 aliphatic heterocycles. The molecule has 0 N–H and O–H groups in total. The van der Waals surface area contributed by atoms with Crippen molar-refractivity contribution in [3.63, 3.8) is 0 Å². The largest absolute Gasteiger partial charge is 0.369 e. The Bertz CT molecular complexity index is 139. The third-order valence-electron chi connectivity index (χ3n) is 1.90. The molecule has 0 aromatic rings. The first-order chi connectivity index (χ1) is 3.90. The predicted molar refractivity (Wildman–Crippen MR) is 27.0 cm³/mol. The molecule has 2 heteroatoms. The smallest absolute Gasteiger partial charge is 0.0854 e. The van der Waals surface area contributed by atoms with Gasteiger partial charge in [0.05, 0.1) is 24.2 Å². The average molecular weight is 109 g/mol. The lowest BCUT2D eigenvalue weighted by atomic mass is 10.1. The van der Waals surface area contributed by atoms with Crippen molar-refractivity contribution in [1.29, 1.82) is 5.26 Å². The average Bonchev–Trinajstić information content (AvgIpc) is 2.40. The molecule has 1 saturated carbocycles. The molecule has 1 saturated heterocycles. The van der Waals surface area contributed by atoms with Gasteiger partial charge in [0.2, 0.25) is 0 Å². The molecule has 2 aliphatic rings. The van der Waals surface area contributed by atoms with Crippen LogP contribution in [-0.4, -0.2) is 12.2 Å². The van der Waals surface area contributed by atoms with E-state index in [-0.39, 0.29) is 0 Å². The van der Waals surface area contributed by atoms with Gasteiger partial charge in [-0.25, -0.2) is 0 Å². The molecular formula is C6H7NO. The van der Waals surface area contributed by atoms with Crippen molar-refractivity contribution in [2.24, 2.45) is 5.92 Å². The van der Waals surface area contributed by atoms with E-state index in [4.69, 9.17) is 10.00 Å². The molecule has 42 valence electrons. The standard InChI is InChI=1S/C6H7NO/c7-3-4-1-5-6(2-4)8-5/h4-6H,1-2H2. The molecule has 0 bridgehead atoms. The van der Waals surface area contributed by atoms with Crippen molar-refractivity contribution in [1.82, 2.24) is 0 Å². The van der Waals surface area contributed by atoms with Crippen molar-refractivity contribution in [2.45, 2.75) is 25.0 Å². The van der Waals surface area contributed by atoms with Crippen molar-refractivity contribution in [3.05, 3.63) is 0 Å². The van der Waals surface area contributed by atoms with Crippen LogP contribution < -0.4 is 0 Å². The molecule has 0 radical (unpaired) electrons. The molecule has 2 unspecified atom stereocenters. The van der Waals surface area contributed by atoms with Crippen LogP contribution in [0.4, 0.5) is 0 Å². The Kier molecular flexibility index (Phi) is 0.671. The third-order valence-corrected chi connectivity index (χ3v) is 1.90. The molecule has 0 amide bonds. The molecule has 2 nitrogen and oxygen atoms in total. The topological polar surface area (TPSA) is 36.3 Å².